The normalized spacial score (nSPS) is 10.4. The number of aromatic amines is 1. The van der Waals surface area contributed by atoms with Gasteiger partial charge in [-0.3, -0.25) is 0 Å². The number of hydrogen-bond acceptors (Lipinski definition) is 2. The topological polar surface area (TPSA) is 42.1 Å². The standard InChI is InChI=1S/C13H11BrClNO2/c1-2-18-13(17)12-10(5-6-16-12)9-4-3-8(15)7-11(9)14/h3-7,16H,2H2,1H3. The zero-order valence-corrected chi connectivity index (χ0v) is 12.0. The van der Waals surface area contributed by atoms with E-state index in [0.29, 0.717) is 17.3 Å². The highest BCUT2D eigenvalue weighted by Gasteiger charge is 2.16. The lowest BCUT2D eigenvalue weighted by atomic mass is 10.1. The van der Waals surface area contributed by atoms with Gasteiger partial charge in [0.1, 0.15) is 5.69 Å². The largest absolute Gasteiger partial charge is 0.461 e. The molecular weight excluding hydrogens is 318 g/mol. The molecular formula is C13H11BrClNO2. The van der Waals surface area contributed by atoms with Gasteiger partial charge in [-0.15, -0.1) is 0 Å². The molecule has 0 aliphatic carbocycles. The SMILES string of the molecule is CCOC(=O)c1[nH]ccc1-c1ccc(Cl)cc1Br. The van der Waals surface area contributed by atoms with E-state index in [0.717, 1.165) is 15.6 Å². The molecule has 1 N–H and O–H groups in total. The molecule has 0 spiro atoms. The summed E-state index contributed by atoms with van der Waals surface area (Å²) in [6.07, 6.45) is 1.71. The Morgan fingerprint density at radius 2 is 2.17 bits per heavy atom. The summed E-state index contributed by atoms with van der Waals surface area (Å²) >= 11 is 9.34. The monoisotopic (exact) mass is 327 g/mol. The van der Waals surface area contributed by atoms with Crippen molar-refractivity contribution < 1.29 is 9.53 Å². The number of ether oxygens (including phenoxy) is 1. The molecule has 2 rings (SSSR count). The van der Waals surface area contributed by atoms with E-state index in [4.69, 9.17) is 16.3 Å². The molecule has 1 aromatic heterocycles. The van der Waals surface area contributed by atoms with E-state index in [-0.39, 0.29) is 5.97 Å². The van der Waals surface area contributed by atoms with Gasteiger partial charge in [0, 0.05) is 21.3 Å². The number of nitrogens with one attached hydrogen (secondary N) is 1. The van der Waals surface area contributed by atoms with Crippen LogP contribution in [0.1, 0.15) is 17.4 Å². The summed E-state index contributed by atoms with van der Waals surface area (Å²) in [6.45, 7) is 2.12. The van der Waals surface area contributed by atoms with Crippen LogP contribution in [0.15, 0.2) is 34.9 Å². The van der Waals surface area contributed by atoms with Crippen LogP contribution in [0.5, 0.6) is 0 Å². The molecule has 1 aromatic carbocycles. The lowest BCUT2D eigenvalue weighted by Crippen LogP contribution is -2.06. The van der Waals surface area contributed by atoms with E-state index in [2.05, 4.69) is 20.9 Å². The fourth-order valence-corrected chi connectivity index (χ4v) is 2.57. The second-order valence-corrected chi connectivity index (χ2v) is 4.90. The van der Waals surface area contributed by atoms with Crippen molar-refractivity contribution in [2.45, 2.75) is 6.92 Å². The molecule has 2 aromatic rings. The van der Waals surface area contributed by atoms with Crippen LogP contribution in [-0.4, -0.2) is 17.6 Å². The van der Waals surface area contributed by atoms with Crippen molar-refractivity contribution >= 4 is 33.5 Å². The number of carbonyl (C=O) groups excluding carboxylic acids is 1. The molecule has 0 aliphatic heterocycles. The third-order valence-corrected chi connectivity index (χ3v) is 3.34. The van der Waals surface area contributed by atoms with Crippen molar-refractivity contribution in [2.75, 3.05) is 6.61 Å². The predicted octanol–water partition coefficient (Wildman–Crippen LogP) is 4.27. The minimum absolute atomic E-state index is 0.346. The number of hydrogen-bond donors (Lipinski definition) is 1. The smallest absolute Gasteiger partial charge is 0.355 e. The van der Waals surface area contributed by atoms with Gasteiger partial charge < -0.3 is 9.72 Å². The molecule has 1 heterocycles. The first-order chi connectivity index (χ1) is 8.63. The third kappa shape index (κ3) is 2.60. The summed E-state index contributed by atoms with van der Waals surface area (Å²) in [5.74, 6) is -0.362. The minimum Gasteiger partial charge on any atom is -0.461 e. The maximum atomic E-state index is 11.8. The van der Waals surface area contributed by atoms with Crippen LogP contribution in [0.2, 0.25) is 5.02 Å². The van der Waals surface area contributed by atoms with Gasteiger partial charge in [0.15, 0.2) is 0 Å². The molecule has 0 aliphatic rings. The lowest BCUT2D eigenvalue weighted by Gasteiger charge is -2.06. The summed E-state index contributed by atoms with van der Waals surface area (Å²) in [4.78, 5) is 14.7. The zero-order chi connectivity index (χ0) is 13.1. The second-order valence-electron chi connectivity index (χ2n) is 3.61. The van der Waals surface area contributed by atoms with Crippen molar-refractivity contribution in [3.63, 3.8) is 0 Å². The molecule has 0 atom stereocenters. The highest BCUT2D eigenvalue weighted by molar-refractivity contribution is 9.10. The average Bonchev–Trinajstić information content (AvgIpc) is 2.78. The minimum atomic E-state index is -0.362. The predicted molar refractivity (Wildman–Crippen MR) is 74.9 cm³/mol. The fourth-order valence-electron chi connectivity index (χ4n) is 1.67. The highest BCUT2D eigenvalue weighted by Crippen LogP contribution is 2.32. The number of carbonyl (C=O) groups is 1. The molecule has 0 unspecified atom stereocenters. The summed E-state index contributed by atoms with van der Waals surface area (Å²) in [5.41, 5.74) is 2.13. The van der Waals surface area contributed by atoms with Crippen molar-refractivity contribution in [2.24, 2.45) is 0 Å². The molecule has 0 fully saturated rings. The molecule has 0 amide bonds. The summed E-state index contributed by atoms with van der Waals surface area (Å²) in [7, 11) is 0. The Hall–Kier alpha value is -1.26. The number of rotatable bonds is 3. The van der Waals surface area contributed by atoms with E-state index in [9.17, 15) is 4.79 Å². The van der Waals surface area contributed by atoms with Crippen molar-refractivity contribution in [3.8, 4) is 11.1 Å². The van der Waals surface area contributed by atoms with E-state index in [1.807, 2.05) is 12.1 Å². The molecule has 0 saturated heterocycles. The van der Waals surface area contributed by atoms with Crippen molar-refractivity contribution in [3.05, 3.63) is 45.7 Å². The summed E-state index contributed by atoms with van der Waals surface area (Å²) < 4.78 is 5.83. The number of H-pyrrole nitrogens is 1. The maximum Gasteiger partial charge on any atom is 0.355 e. The fraction of sp³-hybridized carbons (Fsp3) is 0.154. The number of halogens is 2. The van der Waals surface area contributed by atoms with Crippen LogP contribution in [0.3, 0.4) is 0 Å². The first-order valence-corrected chi connectivity index (χ1v) is 6.60. The van der Waals surface area contributed by atoms with Crippen molar-refractivity contribution in [1.29, 1.82) is 0 Å². The Morgan fingerprint density at radius 3 is 2.83 bits per heavy atom. The van der Waals surface area contributed by atoms with Gasteiger partial charge in [-0.05, 0) is 30.7 Å². The quantitative estimate of drug-likeness (QED) is 0.855. The van der Waals surface area contributed by atoms with Crippen LogP contribution in [0, 0.1) is 0 Å². The molecule has 94 valence electrons. The highest BCUT2D eigenvalue weighted by atomic mass is 79.9. The van der Waals surface area contributed by atoms with E-state index < -0.39 is 0 Å². The molecule has 5 heteroatoms. The number of esters is 1. The van der Waals surface area contributed by atoms with Crippen LogP contribution >= 0.6 is 27.5 Å². The van der Waals surface area contributed by atoms with Gasteiger partial charge in [0.05, 0.1) is 6.61 Å². The zero-order valence-electron chi connectivity index (χ0n) is 9.67. The molecule has 3 nitrogen and oxygen atoms in total. The lowest BCUT2D eigenvalue weighted by molar-refractivity contribution is 0.0521. The van der Waals surface area contributed by atoms with Crippen LogP contribution in [0.4, 0.5) is 0 Å². The molecule has 0 bridgehead atoms. The van der Waals surface area contributed by atoms with Gasteiger partial charge in [-0.2, -0.15) is 0 Å². The Kier molecular flexibility index (Phi) is 4.09. The number of aromatic nitrogens is 1. The maximum absolute atomic E-state index is 11.8. The Labute approximate surface area is 118 Å². The second kappa shape index (κ2) is 5.59. The van der Waals surface area contributed by atoms with Crippen LogP contribution < -0.4 is 0 Å². The average molecular weight is 329 g/mol. The molecule has 0 radical (unpaired) electrons. The number of benzene rings is 1. The van der Waals surface area contributed by atoms with Gasteiger partial charge >= 0.3 is 5.97 Å². The van der Waals surface area contributed by atoms with Gasteiger partial charge in [0.25, 0.3) is 0 Å². The Bertz CT molecular complexity index is 580. The Morgan fingerprint density at radius 1 is 1.39 bits per heavy atom. The van der Waals surface area contributed by atoms with Gasteiger partial charge in [-0.25, -0.2) is 4.79 Å². The molecule has 18 heavy (non-hydrogen) atoms. The molecule has 0 saturated carbocycles. The third-order valence-electron chi connectivity index (χ3n) is 2.45. The van der Waals surface area contributed by atoms with Crippen LogP contribution in [-0.2, 0) is 4.74 Å². The van der Waals surface area contributed by atoms with Crippen LogP contribution in [0.25, 0.3) is 11.1 Å². The van der Waals surface area contributed by atoms with E-state index in [1.54, 1.807) is 25.3 Å². The Balaban J connectivity index is 2.45. The van der Waals surface area contributed by atoms with Gasteiger partial charge in [-0.1, -0.05) is 33.6 Å². The van der Waals surface area contributed by atoms with E-state index >= 15 is 0 Å². The van der Waals surface area contributed by atoms with E-state index in [1.165, 1.54) is 0 Å². The summed E-state index contributed by atoms with van der Waals surface area (Å²) in [5, 5.41) is 0.638. The first-order valence-electron chi connectivity index (χ1n) is 5.43. The van der Waals surface area contributed by atoms with Crippen molar-refractivity contribution in [1.82, 2.24) is 4.98 Å². The first kappa shape index (κ1) is 13.2. The summed E-state index contributed by atoms with van der Waals surface area (Å²) in [6, 6.07) is 7.26. The van der Waals surface area contributed by atoms with Gasteiger partial charge in [0.2, 0.25) is 0 Å².